The second kappa shape index (κ2) is 9.61. The van der Waals surface area contributed by atoms with Gasteiger partial charge in [0.05, 0.1) is 6.33 Å². The highest BCUT2D eigenvalue weighted by Gasteiger charge is 2.42. The summed E-state index contributed by atoms with van der Waals surface area (Å²) in [7, 11) is 0. The Balaban J connectivity index is 1.03. The Morgan fingerprint density at radius 1 is 1.03 bits per heavy atom. The summed E-state index contributed by atoms with van der Waals surface area (Å²) in [6, 6.07) is 16.4. The first-order valence-corrected chi connectivity index (χ1v) is 11.6. The lowest BCUT2D eigenvalue weighted by molar-refractivity contribution is -0.122. The predicted octanol–water partition coefficient (Wildman–Crippen LogP) is 2.87. The van der Waals surface area contributed by atoms with Crippen LogP contribution in [0.3, 0.4) is 0 Å². The summed E-state index contributed by atoms with van der Waals surface area (Å²) < 4.78 is 7.16. The number of benzene rings is 2. The van der Waals surface area contributed by atoms with Crippen LogP contribution in [0, 0.1) is 11.8 Å². The summed E-state index contributed by atoms with van der Waals surface area (Å²) in [5.41, 5.74) is 4.65. The number of fused-ring (bicyclic) bond motifs is 3. The van der Waals surface area contributed by atoms with Gasteiger partial charge >= 0.3 is 12.1 Å². The van der Waals surface area contributed by atoms with Gasteiger partial charge in [0.15, 0.2) is 5.69 Å². The van der Waals surface area contributed by atoms with Crippen LogP contribution in [-0.2, 0) is 16.1 Å². The minimum absolute atomic E-state index is 0.00896. The lowest BCUT2D eigenvalue weighted by Crippen LogP contribution is -2.31. The Kier molecular flexibility index (Phi) is 6.22. The first-order chi connectivity index (χ1) is 17.0. The molecule has 1 fully saturated rings. The maximum absolute atomic E-state index is 12.3. The van der Waals surface area contributed by atoms with Crippen molar-refractivity contribution >= 4 is 18.0 Å². The summed E-state index contributed by atoms with van der Waals surface area (Å²) in [5.74, 6) is -1.20. The molecule has 2 aliphatic rings. The molecule has 9 nitrogen and oxygen atoms in total. The Labute approximate surface area is 202 Å². The van der Waals surface area contributed by atoms with Gasteiger partial charge in [0, 0.05) is 37.7 Å². The molecule has 1 saturated carbocycles. The summed E-state index contributed by atoms with van der Waals surface area (Å²) in [4.78, 5) is 39.3. The van der Waals surface area contributed by atoms with Gasteiger partial charge in [0.2, 0.25) is 5.91 Å². The van der Waals surface area contributed by atoms with Crippen LogP contribution in [0.25, 0.3) is 11.1 Å². The quantitative estimate of drug-likeness (QED) is 0.438. The molecule has 1 heterocycles. The van der Waals surface area contributed by atoms with Crippen molar-refractivity contribution in [3.63, 3.8) is 0 Å². The number of rotatable bonds is 9. The molecule has 3 aromatic rings. The third-order valence-electron chi connectivity index (χ3n) is 6.63. The van der Waals surface area contributed by atoms with E-state index in [0.717, 1.165) is 11.1 Å². The largest absolute Gasteiger partial charge is 0.476 e. The van der Waals surface area contributed by atoms with Crippen LogP contribution in [0.2, 0.25) is 0 Å². The molecule has 0 spiro atoms. The summed E-state index contributed by atoms with van der Waals surface area (Å²) in [6.45, 7) is 1.45. The van der Waals surface area contributed by atoms with Crippen molar-refractivity contribution in [2.24, 2.45) is 11.8 Å². The number of hydrogen-bond acceptors (Lipinski definition) is 5. The van der Waals surface area contributed by atoms with Crippen LogP contribution in [0.1, 0.15) is 34.0 Å². The normalized spacial score (nSPS) is 17.8. The molecule has 2 amide bonds. The number of hydrogen-bond donors (Lipinski definition) is 3. The number of ether oxygens (including phenoxy) is 1. The molecule has 0 saturated heterocycles. The van der Waals surface area contributed by atoms with E-state index >= 15 is 0 Å². The number of carboxylic acids is 1. The Morgan fingerprint density at radius 2 is 1.71 bits per heavy atom. The molecule has 35 heavy (non-hydrogen) atoms. The Morgan fingerprint density at radius 3 is 2.37 bits per heavy atom. The van der Waals surface area contributed by atoms with Crippen LogP contribution < -0.4 is 10.6 Å². The Bertz CT molecular complexity index is 1220. The fourth-order valence-electron chi connectivity index (χ4n) is 4.69. The highest BCUT2D eigenvalue weighted by Crippen LogP contribution is 2.44. The van der Waals surface area contributed by atoms with Gasteiger partial charge in [-0.3, -0.25) is 4.79 Å². The fourth-order valence-corrected chi connectivity index (χ4v) is 4.69. The van der Waals surface area contributed by atoms with Crippen LogP contribution in [0.5, 0.6) is 0 Å². The highest BCUT2D eigenvalue weighted by atomic mass is 16.5. The average molecular weight is 475 g/mol. The monoisotopic (exact) mass is 474 g/mol. The van der Waals surface area contributed by atoms with Gasteiger partial charge in [-0.25, -0.2) is 14.6 Å². The van der Waals surface area contributed by atoms with Crippen molar-refractivity contribution in [1.82, 2.24) is 20.2 Å². The van der Waals surface area contributed by atoms with E-state index in [1.54, 1.807) is 4.57 Å². The van der Waals surface area contributed by atoms with E-state index in [-0.39, 0.29) is 36.0 Å². The molecule has 0 aliphatic heterocycles. The SMILES string of the molecule is O=C(NC[C@@H]1C[C@@H]1C(=O)NCCn1cnc(C(=O)O)c1)OCC1c2ccccc2-c2ccccc21. The van der Waals surface area contributed by atoms with Crippen molar-refractivity contribution in [3.05, 3.63) is 77.9 Å². The summed E-state index contributed by atoms with van der Waals surface area (Å²) >= 11 is 0. The van der Waals surface area contributed by atoms with Crippen molar-refractivity contribution < 1.29 is 24.2 Å². The molecule has 3 N–H and O–H groups in total. The number of nitrogens with zero attached hydrogens (tertiary/aromatic N) is 2. The zero-order valence-electron chi connectivity index (χ0n) is 19.0. The third kappa shape index (κ3) is 4.89. The molecule has 0 unspecified atom stereocenters. The summed E-state index contributed by atoms with van der Waals surface area (Å²) in [5, 5.41) is 14.5. The molecule has 5 rings (SSSR count). The predicted molar refractivity (Wildman–Crippen MR) is 127 cm³/mol. The fraction of sp³-hybridized carbons (Fsp3) is 0.308. The second-order valence-corrected chi connectivity index (χ2v) is 8.90. The van der Waals surface area contributed by atoms with E-state index in [0.29, 0.717) is 26.1 Å². The molecule has 180 valence electrons. The minimum Gasteiger partial charge on any atom is -0.476 e. The number of carboxylic acid groups (broad SMARTS) is 1. The number of aromatic nitrogens is 2. The van der Waals surface area contributed by atoms with E-state index in [1.165, 1.54) is 23.7 Å². The maximum Gasteiger partial charge on any atom is 0.407 e. The van der Waals surface area contributed by atoms with E-state index in [9.17, 15) is 14.4 Å². The lowest BCUT2D eigenvalue weighted by atomic mass is 9.98. The van der Waals surface area contributed by atoms with Crippen molar-refractivity contribution in [1.29, 1.82) is 0 Å². The van der Waals surface area contributed by atoms with Crippen LogP contribution in [0.15, 0.2) is 61.1 Å². The number of carbonyl (C=O) groups is 3. The minimum atomic E-state index is -1.09. The van der Waals surface area contributed by atoms with Crippen molar-refractivity contribution in [2.75, 3.05) is 19.7 Å². The van der Waals surface area contributed by atoms with Crippen molar-refractivity contribution in [3.8, 4) is 11.1 Å². The maximum atomic E-state index is 12.3. The van der Waals surface area contributed by atoms with Gasteiger partial charge in [-0.05, 0) is 34.6 Å². The molecule has 0 radical (unpaired) electrons. The van der Waals surface area contributed by atoms with Crippen molar-refractivity contribution in [2.45, 2.75) is 18.9 Å². The van der Waals surface area contributed by atoms with Gasteiger partial charge < -0.3 is 25.0 Å². The molecule has 0 bridgehead atoms. The number of aromatic carboxylic acids is 1. The van der Waals surface area contributed by atoms with Gasteiger partial charge in [0.25, 0.3) is 0 Å². The van der Waals surface area contributed by atoms with Gasteiger partial charge in [0.1, 0.15) is 6.61 Å². The standard InChI is InChI=1S/C26H26N4O5/c31-24(27-9-10-30-13-23(25(32)33)29-15-30)21-11-16(21)12-28-26(34)35-14-22-19-7-3-1-5-17(19)18-6-2-4-8-20(18)22/h1-8,13,15-16,21-22H,9-12,14H2,(H,27,31)(H,28,34)(H,32,33)/t16-,21-/m0/s1. The van der Waals surface area contributed by atoms with Crippen LogP contribution >= 0.6 is 0 Å². The summed E-state index contributed by atoms with van der Waals surface area (Å²) in [6.07, 6.45) is 3.08. The first kappa shape index (κ1) is 22.6. The number of alkyl carbamates (subject to hydrolysis) is 1. The first-order valence-electron chi connectivity index (χ1n) is 11.6. The van der Waals surface area contributed by atoms with E-state index in [2.05, 4.69) is 39.9 Å². The molecule has 2 aliphatic carbocycles. The molecule has 2 atom stereocenters. The zero-order chi connectivity index (χ0) is 24.4. The number of nitrogens with one attached hydrogen (secondary N) is 2. The molecular weight excluding hydrogens is 448 g/mol. The van der Waals surface area contributed by atoms with Crippen LogP contribution in [-0.4, -0.2) is 52.3 Å². The van der Waals surface area contributed by atoms with E-state index in [4.69, 9.17) is 9.84 Å². The van der Waals surface area contributed by atoms with E-state index < -0.39 is 12.1 Å². The lowest BCUT2D eigenvalue weighted by Gasteiger charge is -2.14. The number of amides is 2. The molecule has 1 aromatic heterocycles. The van der Waals surface area contributed by atoms with Gasteiger partial charge in [-0.2, -0.15) is 0 Å². The van der Waals surface area contributed by atoms with Gasteiger partial charge in [-0.15, -0.1) is 0 Å². The average Bonchev–Trinajstić information content (AvgIpc) is 3.36. The Hall–Kier alpha value is -4.14. The number of carbonyl (C=O) groups excluding carboxylic acids is 2. The molecular formula is C26H26N4O5. The van der Waals surface area contributed by atoms with E-state index in [1.807, 2.05) is 24.3 Å². The zero-order valence-corrected chi connectivity index (χ0v) is 19.0. The smallest absolute Gasteiger partial charge is 0.407 e. The molecule has 2 aromatic carbocycles. The van der Waals surface area contributed by atoms with Gasteiger partial charge in [-0.1, -0.05) is 48.5 Å². The molecule has 9 heteroatoms. The third-order valence-corrected chi connectivity index (χ3v) is 6.63. The number of imidazole rings is 1. The topological polar surface area (TPSA) is 123 Å². The second-order valence-electron chi connectivity index (χ2n) is 8.90. The van der Waals surface area contributed by atoms with Crippen LogP contribution in [0.4, 0.5) is 4.79 Å². The highest BCUT2D eigenvalue weighted by molar-refractivity contribution is 5.85.